The quantitative estimate of drug-likeness (QED) is 0.274. The third-order valence-corrected chi connectivity index (χ3v) is 8.51. The molecule has 2 aromatic heterocycles. The highest BCUT2D eigenvalue weighted by molar-refractivity contribution is 7.54. The van der Waals surface area contributed by atoms with E-state index in [-0.39, 0.29) is 25.2 Å². The summed E-state index contributed by atoms with van der Waals surface area (Å²) in [5, 5.41) is 32.7. The van der Waals surface area contributed by atoms with Gasteiger partial charge in [-0.15, -0.1) is 0 Å². The molecule has 1 fully saturated rings. The zero-order valence-electron chi connectivity index (χ0n) is 19.3. The van der Waals surface area contributed by atoms with Crippen molar-refractivity contribution in [2.75, 3.05) is 18.1 Å². The van der Waals surface area contributed by atoms with E-state index in [0.717, 1.165) is 0 Å². The summed E-state index contributed by atoms with van der Waals surface area (Å²) in [6, 6.07) is 0. The number of fused-ring (bicyclic) bond motifs is 1. The fourth-order valence-corrected chi connectivity index (χ4v) is 5.09. The normalized spacial score (nSPS) is 28.9. The van der Waals surface area contributed by atoms with Gasteiger partial charge in [-0.1, -0.05) is 13.8 Å². The lowest BCUT2D eigenvalue weighted by atomic mass is 9.93. The maximum Gasteiger partial charge on any atom is 0.359 e. The van der Waals surface area contributed by atoms with Gasteiger partial charge in [-0.2, -0.15) is 9.97 Å². The Morgan fingerprint density at radius 2 is 1.94 bits per heavy atom. The Hall–Kier alpha value is -1.86. The van der Waals surface area contributed by atoms with Crippen LogP contribution in [0.15, 0.2) is 6.33 Å². The number of rotatable bonds is 9. The van der Waals surface area contributed by atoms with Crippen molar-refractivity contribution >= 4 is 30.5 Å². The first-order valence-corrected chi connectivity index (χ1v) is 12.3. The van der Waals surface area contributed by atoms with Crippen molar-refractivity contribution in [1.82, 2.24) is 19.5 Å². The number of aliphatic hydroxyl groups excluding tert-OH is 2. The van der Waals surface area contributed by atoms with E-state index in [2.05, 4.69) is 20.3 Å². The first-order valence-electron chi connectivity index (χ1n) is 10.7. The number of hydrogen-bond acceptors (Lipinski definition) is 11. The van der Waals surface area contributed by atoms with Crippen molar-refractivity contribution < 1.29 is 34.0 Å². The molecule has 0 aliphatic carbocycles. The second-order valence-corrected chi connectivity index (χ2v) is 10.9. The monoisotopic (exact) mass is 488 g/mol. The van der Waals surface area contributed by atoms with Gasteiger partial charge in [0.05, 0.1) is 18.0 Å². The highest BCUT2D eigenvalue weighted by Gasteiger charge is 2.50. The van der Waals surface area contributed by atoms with Crippen LogP contribution in [-0.2, 0) is 13.8 Å². The van der Waals surface area contributed by atoms with E-state index in [0.29, 0.717) is 17.0 Å². The van der Waals surface area contributed by atoms with Crippen molar-refractivity contribution in [1.29, 1.82) is 0 Å². The smallest absolute Gasteiger partial charge is 0.359 e. The van der Waals surface area contributed by atoms with Crippen LogP contribution in [-0.4, -0.2) is 76.0 Å². The van der Waals surface area contributed by atoms with Crippen LogP contribution >= 0.6 is 7.60 Å². The number of nitrogens with two attached hydrogens (primary N) is 1. The third-order valence-electron chi connectivity index (χ3n) is 6.29. The van der Waals surface area contributed by atoms with Crippen LogP contribution in [0.3, 0.4) is 0 Å². The molecule has 7 N–H and O–H groups in total. The number of aliphatic hydroxyl groups is 3. The Kier molecular flexibility index (Phi) is 7.07. The summed E-state index contributed by atoms with van der Waals surface area (Å²) in [6.45, 7) is 6.16. The molecule has 1 saturated heterocycles. The SMILES string of the molecule is CCC(C)(CC1O[C@@H](n2cnc3c(NC)nc(N)nc32)[C@H](O)[C@@H]1O)OP(=O)(O)C(C)(O)CC. The molecular weight excluding hydrogens is 455 g/mol. The highest BCUT2D eigenvalue weighted by atomic mass is 31.2. The van der Waals surface area contributed by atoms with Crippen molar-refractivity contribution in [3.05, 3.63) is 6.33 Å². The minimum atomic E-state index is -4.43. The topological polar surface area (TPSA) is 198 Å². The number of hydrogen-bond donors (Lipinski definition) is 6. The van der Waals surface area contributed by atoms with Crippen LogP contribution in [0.2, 0.25) is 0 Å². The molecule has 0 aromatic carbocycles. The van der Waals surface area contributed by atoms with E-state index in [4.69, 9.17) is 15.0 Å². The molecule has 1 aliphatic rings. The lowest BCUT2D eigenvalue weighted by Crippen LogP contribution is -2.40. The van der Waals surface area contributed by atoms with E-state index >= 15 is 0 Å². The number of aromatic nitrogens is 4. The lowest BCUT2D eigenvalue weighted by Gasteiger charge is -2.37. The summed E-state index contributed by atoms with van der Waals surface area (Å²) in [6.07, 6.45) is -2.98. The van der Waals surface area contributed by atoms with Crippen LogP contribution in [0.25, 0.3) is 11.2 Å². The standard InChI is InChI=1S/C19H33N6O7P/c1-6-18(3,32-33(29,30)19(4,28)7-2)8-10-12(26)13(27)16(31-10)25-9-22-11-14(21-5)23-17(20)24-15(11)25/h9-10,12-13,16,26-28H,6-8H2,1-5H3,(H,29,30)(H3,20,21,23,24)/t10?,12-,13-,16-,18?,19?/m1/s1. The minimum absolute atomic E-state index is 0.00758. The molecule has 0 radical (unpaired) electrons. The first-order chi connectivity index (χ1) is 15.3. The molecule has 186 valence electrons. The Morgan fingerprint density at radius 1 is 1.27 bits per heavy atom. The van der Waals surface area contributed by atoms with Gasteiger partial charge >= 0.3 is 7.60 Å². The molecule has 3 heterocycles. The largest absolute Gasteiger partial charge is 0.388 e. The summed E-state index contributed by atoms with van der Waals surface area (Å²) < 4.78 is 25.7. The summed E-state index contributed by atoms with van der Waals surface area (Å²) in [7, 11) is -2.78. The van der Waals surface area contributed by atoms with Gasteiger partial charge in [0.25, 0.3) is 0 Å². The molecule has 2 aromatic rings. The Labute approximate surface area is 191 Å². The average Bonchev–Trinajstić information content (AvgIpc) is 3.28. The Morgan fingerprint density at radius 3 is 2.52 bits per heavy atom. The van der Waals surface area contributed by atoms with Gasteiger partial charge in [-0.25, -0.2) is 4.98 Å². The molecule has 0 bridgehead atoms. The number of anilines is 2. The molecule has 14 heteroatoms. The number of nitrogen functional groups attached to an aromatic ring is 1. The maximum absolute atomic E-state index is 12.7. The predicted molar refractivity (Wildman–Crippen MR) is 120 cm³/mol. The molecule has 7 atom stereocenters. The second-order valence-electron chi connectivity index (χ2n) is 8.74. The van der Waals surface area contributed by atoms with Crippen LogP contribution in [0.4, 0.5) is 11.8 Å². The van der Waals surface area contributed by atoms with E-state index in [1.165, 1.54) is 17.8 Å². The van der Waals surface area contributed by atoms with Crippen molar-refractivity contribution in [3.8, 4) is 0 Å². The van der Waals surface area contributed by atoms with E-state index in [1.807, 2.05) is 0 Å². The number of nitrogens with zero attached hydrogens (tertiary/aromatic N) is 4. The summed E-state index contributed by atoms with van der Waals surface area (Å²) in [5.74, 6) is 0.390. The Balaban J connectivity index is 1.87. The fourth-order valence-electron chi connectivity index (χ4n) is 3.69. The van der Waals surface area contributed by atoms with Crippen molar-refractivity contribution in [3.63, 3.8) is 0 Å². The summed E-state index contributed by atoms with van der Waals surface area (Å²) in [5.41, 5.74) is 5.26. The van der Waals surface area contributed by atoms with Gasteiger partial charge in [0.1, 0.15) is 12.2 Å². The zero-order valence-corrected chi connectivity index (χ0v) is 20.2. The predicted octanol–water partition coefficient (Wildman–Crippen LogP) is 0.949. The molecule has 1 aliphatic heterocycles. The third kappa shape index (κ3) is 4.72. The van der Waals surface area contributed by atoms with Crippen LogP contribution in [0.1, 0.15) is 53.2 Å². The molecule has 0 spiro atoms. The zero-order chi connectivity index (χ0) is 24.8. The van der Waals surface area contributed by atoms with Gasteiger partial charge in [0.2, 0.25) is 5.95 Å². The molecule has 33 heavy (non-hydrogen) atoms. The van der Waals surface area contributed by atoms with E-state index in [9.17, 15) is 24.8 Å². The molecule has 3 rings (SSSR count). The number of imidazole rings is 1. The highest BCUT2D eigenvalue weighted by Crippen LogP contribution is 2.59. The van der Waals surface area contributed by atoms with Gasteiger partial charge in [-0.05, 0) is 26.7 Å². The van der Waals surface area contributed by atoms with Gasteiger partial charge in [0.15, 0.2) is 28.6 Å². The first kappa shape index (κ1) is 25.8. The minimum Gasteiger partial charge on any atom is -0.388 e. The number of ether oxygens (including phenoxy) is 1. The molecule has 0 saturated carbocycles. The van der Waals surface area contributed by atoms with Gasteiger partial charge in [-0.3, -0.25) is 9.13 Å². The lowest BCUT2D eigenvalue weighted by molar-refractivity contribution is -0.0689. The van der Waals surface area contributed by atoms with Crippen LogP contribution < -0.4 is 11.1 Å². The van der Waals surface area contributed by atoms with Crippen LogP contribution in [0, 0.1) is 0 Å². The summed E-state index contributed by atoms with van der Waals surface area (Å²) in [4.78, 5) is 22.9. The molecule has 0 amide bonds. The van der Waals surface area contributed by atoms with Gasteiger partial charge in [0, 0.05) is 13.5 Å². The molecule has 4 unspecified atom stereocenters. The van der Waals surface area contributed by atoms with Crippen molar-refractivity contribution in [2.24, 2.45) is 0 Å². The fraction of sp³-hybridized carbons (Fsp3) is 0.737. The van der Waals surface area contributed by atoms with Gasteiger partial charge < -0.3 is 40.5 Å². The van der Waals surface area contributed by atoms with Crippen molar-refractivity contribution in [2.45, 2.75) is 82.4 Å². The van der Waals surface area contributed by atoms with E-state index < -0.39 is 43.1 Å². The number of nitrogens with one attached hydrogen (secondary N) is 1. The summed E-state index contributed by atoms with van der Waals surface area (Å²) >= 11 is 0. The van der Waals surface area contributed by atoms with E-state index in [1.54, 1.807) is 27.8 Å². The maximum atomic E-state index is 12.7. The molecule has 13 nitrogen and oxygen atoms in total. The molecular formula is C19H33N6O7P. The van der Waals surface area contributed by atoms with Crippen LogP contribution in [0.5, 0.6) is 0 Å². The Bertz CT molecular complexity index is 1050. The second kappa shape index (κ2) is 9.06. The average molecular weight is 488 g/mol.